The second kappa shape index (κ2) is 5.48. The van der Waals surface area contributed by atoms with E-state index in [1.165, 1.54) is 0 Å². The first-order chi connectivity index (χ1) is 7.85. The highest BCUT2D eigenvalue weighted by atomic mass is 16.5. The molecule has 3 N–H and O–H groups in total. The zero-order valence-corrected chi connectivity index (χ0v) is 9.74. The predicted molar refractivity (Wildman–Crippen MR) is 61.7 cm³/mol. The summed E-state index contributed by atoms with van der Waals surface area (Å²) in [5.41, 5.74) is 2.88. The van der Waals surface area contributed by atoms with E-state index in [4.69, 9.17) is 15.0 Å². The molecule has 90 valence electrons. The summed E-state index contributed by atoms with van der Waals surface area (Å²) in [6, 6.07) is 4.17. The lowest BCUT2D eigenvalue weighted by Gasteiger charge is -2.28. The van der Waals surface area contributed by atoms with E-state index in [-0.39, 0.29) is 6.04 Å². The quantitative estimate of drug-likeness (QED) is 0.604. The molecule has 0 bridgehead atoms. The van der Waals surface area contributed by atoms with Gasteiger partial charge < -0.3 is 9.15 Å². The summed E-state index contributed by atoms with van der Waals surface area (Å²) in [7, 11) is 0. The normalized spacial score (nSPS) is 19.9. The van der Waals surface area contributed by atoms with Crippen LogP contribution < -0.4 is 11.3 Å². The monoisotopic (exact) mass is 224 g/mol. The van der Waals surface area contributed by atoms with E-state index < -0.39 is 0 Å². The predicted octanol–water partition coefficient (Wildman–Crippen LogP) is 1.77. The average Bonchev–Trinajstić information content (AvgIpc) is 2.80. The Bertz CT molecular complexity index is 319. The van der Waals surface area contributed by atoms with E-state index >= 15 is 0 Å². The minimum absolute atomic E-state index is 0.115. The number of furan rings is 1. The number of ether oxygens (including phenoxy) is 1. The molecule has 1 aliphatic rings. The first-order valence-corrected chi connectivity index (χ1v) is 5.97. The summed E-state index contributed by atoms with van der Waals surface area (Å²) in [4.78, 5) is 0. The van der Waals surface area contributed by atoms with Gasteiger partial charge in [0.1, 0.15) is 11.5 Å². The zero-order chi connectivity index (χ0) is 11.4. The molecule has 2 rings (SSSR count). The van der Waals surface area contributed by atoms with Gasteiger partial charge in [0.05, 0.1) is 6.04 Å². The molecule has 1 saturated heterocycles. The molecular weight excluding hydrogens is 204 g/mol. The van der Waals surface area contributed by atoms with Gasteiger partial charge in [0.25, 0.3) is 0 Å². The van der Waals surface area contributed by atoms with Gasteiger partial charge in [0.15, 0.2) is 0 Å². The van der Waals surface area contributed by atoms with Gasteiger partial charge in [-0.1, -0.05) is 6.92 Å². The molecule has 0 aromatic carbocycles. The van der Waals surface area contributed by atoms with Crippen LogP contribution in [0.5, 0.6) is 0 Å². The van der Waals surface area contributed by atoms with E-state index in [9.17, 15) is 0 Å². The van der Waals surface area contributed by atoms with E-state index in [1.807, 2.05) is 12.1 Å². The number of rotatable bonds is 4. The van der Waals surface area contributed by atoms with Crippen LogP contribution in [0.25, 0.3) is 0 Å². The smallest absolute Gasteiger partial charge is 0.122 e. The molecular formula is C12H20N2O2. The van der Waals surface area contributed by atoms with E-state index in [2.05, 4.69) is 12.3 Å². The van der Waals surface area contributed by atoms with Crippen molar-refractivity contribution in [2.24, 2.45) is 11.8 Å². The fourth-order valence-corrected chi connectivity index (χ4v) is 2.25. The molecule has 0 amide bonds. The summed E-state index contributed by atoms with van der Waals surface area (Å²) in [5.74, 6) is 8.11. The second-order valence-corrected chi connectivity index (χ2v) is 4.25. The van der Waals surface area contributed by atoms with Gasteiger partial charge in [-0.15, -0.1) is 0 Å². The number of hydrazine groups is 1. The third-order valence-electron chi connectivity index (χ3n) is 3.25. The maximum atomic E-state index is 5.76. The Morgan fingerprint density at radius 1 is 1.44 bits per heavy atom. The van der Waals surface area contributed by atoms with Crippen molar-refractivity contribution in [2.45, 2.75) is 32.2 Å². The van der Waals surface area contributed by atoms with Crippen LogP contribution >= 0.6 is 0 Å². The Hall–Kier alpha value is -0.840. The molecule has 0 aliphatic carbocycles. The summed E-state index contributed by atoms with van der Waals surface area (Å²) >= 11 is 0. The van der Waals surface area contributed by atoms with Crippen LogP contribution in [-0.2, 0) is 11.2 Å². The van der Waals surface area contributed by atoms with Gasteiger partial charge in [0.2, 0.25) is 0 Å². The number of nitrogens with one attached hydrogen (secondary N) is 1. The molecule has 16 heavy (non-hydrogen) atoms. The third-order valence-corrected chi connectivity index (χ3v) is 3.25. The maximum absolute atomic E-state index is 5.76. The topological polar surface area (TPSA) is 60.4 Å². The highest BCUT2D eigenvalue weighted by Crippen LogP contribution is 2.30. The molecule has 0 spiro atoms. The van der Waals surface area contributed by atoms with Gasteiger partial charge in [-0.05, 0) is 30.9 Å². The van der Waals surface area contributed by atoms with Gasteiger partial charge in [0, 0.05) is 19.6 Å². The largest absolute Gasteiger partial charge is 0.464 e. The van der Waals surface area contributed by atoms with Crippen molar-refractivity contribution < 1.29 is 9.15 Å². The standard InChI is InChI=1S/C12H20N2O2/c1-2-10-3-4-11(16-10)12(14-13)9-5-7-15-8-6-9/h3-4,9,12,14H,2,5-8,13H2,1H3. The lowest BCUT2D eigenvalue weighted by Crippen LogP contribution is -2.36. The van der Waals surface area contributed by atoms with Crippen molar-refractivity contribution in [3.05, 3.63) is 23.7 Å². The first kappa shape index (κ1) is 11.6. The molecule has 1 atom stereocenters. The average molecular weight is 224 g/mol. The lowest BCUT2D eigenvalue weighted by molar-refractivity contribution is 0.0505. The summed E-state index contributed by atoms with van der Waals surface area (Å²) in [5, 5.41) is 0. The molecule has 4 nitrogen and oxygen atoms in total. The van der Waals surface area contributed by atoms with Crippen LogP contribution in [-0.4, -0.2) is 13.2 Å². The fraction of sp³-hybridized carbons (Fsp3) is 0.667. The van der Waals surface area contributed by atoms with Crippen molar-refractivity contribution in [2.75, 3.05) is 13.2 Å². The molecule has 1 aromatic rings. The van der Waals surface area contributed by atoms with Crippen LogP contribution in [0, 0.1) is 5.92 Å². The Morgan fingerprint density at radius 3 is 2.75 bits per heavy atom. The Labute approximate surface area is 96.1 Å². The number of nitrogens with two attached hydrogens (primary N) is 1. The van der Waals surface area contributed by atoms with E-state index in [0.717, 1.165) is 44.0 Å². The molecule has 1 aliphatic heterocycles. The highest BCUT2D eigenvalue weighted by molar-refractivity contribution is 5.11. The zero-order valence-electron chi connectivity index (χ0n) is 9.74. The van der Waals surface area contributed by atoms with Gasteiger partial charge >= 0.3 is 0 Å². The number of hydrogen-bond acceptors (Lipinski definition) is 4. The number of hydrogen-bond donors (Lipinski definition) is 2. The van der Waals surface area contributed by atoms with Crippen molar-refractivity contribution in [3.63, 3.8) is 0 Å². The SMILES string of the molecule is CCc1ccc(C(NN)C2CCOCC2)o1. The van der Waals surface area contributed by atoms with Crippen molar-refractivity contribution >= 4 is 0 Å². The maximum Gasteiger partial charge on any atom is 0.122 e. The molecule has 4 heteroatoms. The third kappa shape index (κ3) is 2.45. The molecule has 0 saturated carbocycles. The molecule has 0 radical (unpaired) electrons. The van der Waals surface area contributed by atoms with Crippen LogP contribution in [0.3, 0.4) is 0 Å². The fourth-order valence-electron chi connectivity index (χ4n) is 2.25. The van der Waals surface area contributed by atoms with Crippen LogP contribution in [0.2, 0.25) is 0 Å². The minimum atomic E-state index is 0.115. The summed E-state index contributed by atoms with van der Waals surface area (Å²) < 4.78 is 11.1. The van der Waals surface area contributed by atoms with Gasteiger partial charge in [-0.3, -0.25) is 5.84 Å². The highest BCUT2D eigenvalue weighted by Gasteiger charge is 2.26. The van der Waals surface area contributed by atoms with Crippen molar-refractivity contribution in [1.29, 1.82) is 0 Å². The Morgan fingerprint density at radius 2 is 2.19 bits per heavy atom. The van der Waals surface area contributed by atoms with Gasteiger partial charge in [-0.2, -0.15) is 0 Å². The first-order valence-electron chi connectivity index (χ1n) is 5.97. The van der Waals surface area contributed by atoms with Crippen molar-refractivity contribution in [1.82, 2.24) is 5.43 Å². The van der Waals surface area contributed by atoms with E-state index in [0.29, 0.717) is 5.92 Å². The molecule has 1 unspecified atom stereocenters. The second-order valence-electron chi connectivity index (χ2n) is 4.25. The molecule has 1 aromatic heterocycles. The Balaban J connectivity index is 2.08. The van der Waals surface area contributed by atoms with Crippen LogP contribution in [0.4, 0.5) is 0 Å². The van der Waals surface area contributed by atoms with Crippen LogP contribution in [0.15, 0.2) is 16.5 Å². The summed E-state index contributed by atoms with van der Waals surface area (Å²) in [6.07, 6.45) is 3.00. The molecule has 2 heterocycles. The lowest BCUT2D eigenvalue weighted by atomic mass is 9.91. The minimum Gasteiger partial charge on any atom is -0.464 e. The number of aryl methyl sites for hydroxylation is 1. The van der Waals surface area contributed by atoms with Gasteiger partial charge in [-0.25, -0.2) is 5.43 Å². The molecule has 1 fully saturated rings. The van der Waals surface area contributed by atoms with E-state index in [1.54, 1.807) is 0 Å². The summed E-state index contributed by atoms with van der Waals surface area (Å²) in [6.45, 7) is 3.73. The Kier molecular flexibility index (Phi) is 3.98. The van der Waals surface area contributed by atoms with Crippen LogP contribution in [0.1, 0.15) is 37.3 Å². The van der Waals surface area contributed by atoms with Crippen molar-refractivity contribution in [3.8, 4) is 0 Å².